The van der Waals surface area contributed by atoms with Crippen LogP contribution in [0.1, 0.15) is 87.5 Å². The summed E-state index contributed by atoms with van der Waals surface area (Å²) in [5, 5.41) is 0. The quantitative estimate of drug-likeness (QED) is 0.121. The van der Waals surface area contributed by atoms with Gasteiger partial charge in [-0.2, -0.15) is 0 Å². The lowest BCUT2D eigenvalue weighted by atomic mass is 9.92. The van der Waals surface area contributed by atoms with E-state index < -0.39 is 0 Å². The molecule has 0 spiro atoms. The summed E-state index contributed by atoms with van der Waals surface area (Å²) in [5.74, 6) is 1.76. The Kier molecular flexibility index (Phi) is 10.2. The molecule has 0 bridgehead atoms. The Morgan fingerprint density at radius 2 is 0.935 bits per heavy atom. The molecule has 6 rings (SSSR count). The number of unbranched alkanes of at least 4 members (excludes halogenated alkanes) is 6. The molecule has 236 valence electrons. The van der Waals surface area contributed by atoms with Crippen LogP contribution in [0.25, 0.3) is 22.3 Å². The van der Waals surface area contributed by atoms with Crippen molar-refractivity contribution in [3.63, 3.8) is 0 Å². The van der Waals surface area contributed by atoms with Crippen LogP contribution in [-0.2, 0) is 12.8 Å². The van der Waals surface area contributed by atoms with Crippen LogP contribution >= 0.6 is 0 Å². The molecule has 0 saturated carbocycles. The summed E-state index contributed by atoms with van der Waals surface area (Å²) in [6.07, 6.45) is 12.5. The molecule has 5 aromatic carbocycles. The zero-order valence-electron chi connectivity index (χ0n) is 28.2. The normalized spacial score (nSPS) is 12.0. The molecule has 0 aliphatic carbocycles. The van der Waals surface area contributed by atoms with Crippen molar-refractivity contribution in [1.29, 1.82) is 0 Å². The predicted octanol–water partition coefficient (Wildman–Crippen LogP) is 13.5. The minimum absolute atomic E-state index is 0.878. The maximum atomic E-state index is 6.39. The fraction of sp³-hybridized carbons (Fsp3) is 0.318. The number of rotatable bonds is 13. The topological polar surface area (TPSA) is 12.5 Å². The highest BCUT2D eigenvalue weighted by Crippen LogP contribution is 2.51. The Labute approximate surface area is 277 Å². The largest absolute Gasteiger partial charge is 0.453 e. The van der Waals surface area contributed by atoms with Gasteiger partial charge < -0.3 is 9.64 Å². The number of aryl methyl sites for hydroxylation is 4. The van der Waals surface area contributed by atoms with E-state index in [-0.39, 0.29) is 0 Å². The van der Waals surface area contributed by atoms with Crippen molar-refractivity contribution >= 4 is 17.1 Å². The van der Waals surface area contributed by atoms with Gasteiger partial charge in [-0.05, 0) is 115 Å². The number of hydrogen-bond donors (Lipinski definition) is 0. The molecule has 2 nitrogen and oxygen atoms in total. The summed E-state index contributed by atoms with van der Waals surface area (Å²) in [6, 6.07) is 38.3. The first-order valence-corrected chi connectivity index (χ1v) is 17.6. The van der Waals surface area contributed by atoms with Gasteiger partial charge in [-0.25, -0.2) is 0 Å². The smallest absolute Gasteiger partial charge is 0.151 e. The monoisotopic (exact) mass is 607 g/mol. The first-order valence-electron chi connectivity index (χ1n) is 17.6. The average Bonchev–Trinajstić information content (AvgIpc) is 3.07. The second-order valence-corrected chi connectivity index (χ2v) is 13.2. The average molecular weight is 608 g/mol. The van der Waals surface area contributed by atoms with E-state index >= 15 is 0 Å². The van der Waals surface area contributed by atoms with Gasteiger partial charge in [0.05, 0.1) is 11.4 Å². The first kappa shape index (κ1) is 31.7. The fourth-order valence-corrected chi connectivity index (χ4v) is 6.92. The summed E-state index contributed by atoms with van der Waals surface area (Å²) < 4.78 is 6.39. The van der Waals surface area contributed by atoms with Gasteiger partial charge in [-0.1, -0.05) is 124 Å². The number of benzene rings is 5. The maximum absolute atomic E-state index is 6.39. The van der Waals surface area contributed by atoms with Crippen LogP contribution in [0.4, 0.5) is 17.1 Å². The molecular weight excluding hydrogens is 558 g/mol. The second-order valence-electron chi connectivity index (χ2n) is 13.2. The molecule has 1 heterocycles. The highest BCUT2D eigenvalue weighted by atomic mass is 16.5. The standard InChI is InChI=1S/C44H49NO/c1-5-7-9-11-17-34-23-32(3)25-36(27-34)38-29-39(37-26-33(4)24-35(28-37)18-12-10-8-6-2)31-40(30-38)45-41-19-13-15-21-43(41)46-44-22-16-14-20-42(44)45/h13-16,19-31H,5-12,17-18H2,1-4H3. The van der Waals surface area contributed by atoms with Crippen LogP contribution in [0.2, 0.25) is 0 Å². The number of hydrogen-bond acceptors (Lipinski definition) is 2. The van der Waals surface area contributed by atoms with Crippen LogP contribution in [-0.4, -0.2) is 0 Å². The Morgan fingerprint density at radius 1 is 0.478 bits per heavy atom. The van der Waals surface area contributed by atoms with E-state index in [2.05, 4.69) is 136 Å². The van der Waals surface area contributed by atoms with Crippen molar-refractivity contribution in [3.05, 3.63) is 125 Å². The van der Waals surface area contributed by atoms with Crippen LogP contribution in [0, 0.1) is 13.8 Å². The molecule has 0 saturated heterocycles. The second kappa shape index (κ2) is 14.9. The van der Waals surface area contributed by atoms with E-state index in [1.54, 1.807) is 0 Å². The highest BCUT2D eigenvalue weighted by molar-refractivity contribution is 5.90. The van der Waals surface area contributed by atoms with Crippen molar-refractivity contribution in [2.75, 3.05) is 4.90 Å². The number of anilines is 3. The molecule has 5 aromatic rings. The zero-order valence-corrected chi connectivity index (χ0v) is 28.2. The van der Waals surface area contributed by atoms with Crippen LogP contribution < -0.4 is 9.64 Å². The van der Waals surface area contributed by atoms with E-state index in [4.69, 9.17) is 4.74 Å². The summed E-state index contributed by atoms with van der Waals surface area (Å²) in [4.78, 5) is 2.38. The van der Waals surface area contributed by atoms with Crippen molar-refractivity contribution in [2.45, 2.75) is 91.9 Å². The molecule has 0 atom stereocenters. The number of para-hydroxylation sites is 4. The van der Waals surface area contributed by atoms with Gasteiger partial charge in [0.15, 0.2) is 11.5 Å². The number of nitrogens with zero attached hydrogens (tertiary/aromatic N) is 1. The summed E-state index contributed by atoms with van der Waals surface area (Å²) in [6.45, 7) is 9.04. The van der Waals surface area contributed by atoms with Gasteiger partial charge in [0, 0.05) is 5.69 Å². The molecule has 0 aromatic heterocycles. The summed E-state index contributed by atoms with van der Waals surface area (Å²) in [5.41, 5.74) is 13.9. The third-order valence-electron chi connectivity index (χ3n) is 9.19. The van der Waals surface area contributed by atoms with E-state index in [1.807, 2.05) is 0 Å². The lowest BCUT2D eigenvalue weighted by molar-refractivity contribution is 0.477. The molecular formula is C44H49NO. The van der Waals surface area contributed by atoms with Crippen LogP contribution in [0.3, 0.4) is 0 Å². The van der Waals surface area contributed by atoms with Crippen molar-refractivity contribution in [1.82, 2.24) is 0 Å². The van der Waals surface area contributed by atoms with Crippen LogP contribution in [0.5, 0.6) is 11.5 Å². The van der Waals surface area contributed by atoms with Crippen molar-refractivity contribution < 1.29 is 4.74 Å². The van der Waals surface area contributed by atoms with E-state index in [0.717, 1.165) is 41.4 Å². The molecule has 0 radical (unpaired) electrons. The Balaban J connectivity index is 1.49. The minimum Gasteiger partial charge on any atom is -0.453 e. The Hall–Kier alpha value is -4.30. The van der Waals surface area contributed by atoms with Gasteiger partial charge in [0.2, 0.25) is 0 Å². The summed E-state index contributed by atoms with van der Waals surface area (Å²) >= 11 is 0. The number of ether oxygens (including phenoxy) is 1. The SMILES string of the molecule is CCCCCCc1cc(C)cc(-c2cc(-c3cc(C)cc(CCCCCC)c3)cc(N3c4ccccc4Oc4ccccc43)c2)c1. The first-order chi connectivity index (χ1) is 22.5. The molecule has 0 unspecified atom stereocenters. The minimum atomic E-state index is 0.878. The van der Waals surface area contributed by atoms with E-state index in [1.165, 1.54) is 95.9 Å². The van der Waals surface area contributed by atoms with Crippen molar-refractivity contribution in [2.24, 2.45) is 0 Å². The predicted molar refractivity (Wildman–Crippen MR) is 197 cm³/mol. The zero-order chi connectivity index (χ0) is 31.9. The summed E-state index contributed by atoms with van der Waals surface area (Å²) in [7, 11) is 0. The van der Waals surface area contributed by atoms with Crippen molar-refractivity contribution in [3.8, 4) is 33.8 Å². The molecule has 46 heavy (non-hydrogen) atoms. The van der Waals surface area contributed by atoms with E-state index in [9.17, 15) is 0 Å². The third kappa shape index (κ3) is 7.39. The van der Waals surface area contributed by atoms with Gasteiger partial charge in [-0.15, -0.1) is 0 Å². The Bertz CT molecular complexity index is 1660. The van der Waals surface area contributed by atoms with Gasteiger partial charge >= 0.3 is 0 Å². The fourth-order valence-electron chi connectivity index (χ4n) is 6.92. The van der Waals surface area contributed by atoms with Gasteiger partial charge in [0.25, 0.3) is 0 Å². The molecule has 0 fully saturated rings. The molecule has 1 aliphatic heterocycles. The molecule has 2 heteroatoms. The highest BCUT2D eigenvalue weighted by Gasteiger charge is 2.26. The molecule has 0 N–H and O–H groups in total. The maximum Gasteiger partial charge on any atom is 0.151 e. The lowest BCUT2D eigenvalue weighted by Gasteiger charge is -2.33. The van der Waals surface area contributed by atoms with Gasteiger partial charge in [0.1, 0.15) is 0 Å². The lowest BCUT2D eigenvalue weighted by Crippen LogP contribution is -2.15. The van der Waals surface area contributed by atoms with E-state index in [0.29, 0.717) is 0 Å². The van der Waals surface area contributed by atoms with Gasteiger partial charge in [-0.3, -0.25) is 0 Å². The van der Waals surface area contributed by atoms with Crippen LogP contribution in [0.15, 0.2) is 103 Å². The Morgan fingerprint density at radius 3 is 1.41 bits per heavy atom. The number of fused-ring (bicyclic) bond motifs is 2. The molecule has 1 aliphatic rings. The molecule has 0 amide bonds. The third-order valence-corrected chi connectivity index (χ3v) is 9.19.